The number of hydrogen-bond acceptors (Lipinski definition) is 4. The lowest BCUT2D eigenvalue weighted by Crippen LogP contribution is -1.83. The van der Waals surface area contributed by atoms with Crippen LogP contribution >= 0.6 is 23.2 Å². The first-order valence-corrected chi connectivity index (χ1v) is 8.90. The highest BCUT2D eigenvalue weighted by molar-refractivity contribution is 6.36. The number of aromatic nitrogens is 2. The van der Waals surface area contributed by atoms with Crippen molar-refractivity contribution in [2.75, 3.05) is 5.73 Å². The second-order valence-electron chi connectivity index (χ2n) is 5.79. The van der Waals surface area contributed by atoms with Gasteiger partial charge in [0.25, 0.3) is 0 Å². The molecule has 2 aromatic carbocycles. The van der Waals surface area contributed by atoms with E-state index in [4.69, 9.17) is 28.9 Å². The van der Waals surface area contributed by atoms with Crippen LogP contribution in [0.4, 0.5) is 5.69 Å². The lowest BCUT2D eigenvalue weighted by Gasteiger charge is -2.00. The molecule has 0 amide bonds. The summed E-state index contributed by atoms with van der Waals surface area (Å²) in [6.45, 7) is 3.06. The molecule has 0 spiro atoms. The van der Waals surface area contributed by atoms with Crippen molar-refractivity contribution in [3.63, 3.8) is 0 Å². The predicted molar refractivity (Wildman–Crippen MR) is 118 cm³/mol. The number of halogens is 2. The Labute approximate surface area is 173 Å². The van der Waals surface area contributed by atoms with E-state index in [1.165, 1.54) is 13.8 Å². The van der Waals surface area contributed by atoms with Crippen molar-refractivity contribution >= 4 is 56.5 Å². The van der Waals surface area contributed by atoms with E-state index in [0.717, 1.165) is 21.8 Å². The van der Waals surface area contributed by atoms with E-state index in [0.29, 0.717) is 15.7 Å². The van der Waals surface area contributed by atoms with Crippen LogP contribution in [0.1, 0.15) is 13.8 Å². The number of nitrogen functional groups attached to an aromatic ring is 1. The van der Waals surface area contributed by atoms with Gasteiger partial charge in [0.1, 0.15) is 5.78 Å². The Kier molecular flexibility index (Phi) is 9.32. The molecule has 0 saturated carbocycles. The number of Topliss-reactive ketones (excluding diaryl/α,β-unsaturated/α-hetero) is 1. The second-order valence-corrected chi connectivity index (χ2v) is 6.63. The maximum absolute atomic E-state index is 9.44. The van der Waals surface area contributed by atoms with Crippen molar-refractivity contribution < 1.29 is 10.3 Å². The van der Waals surface area contributed by atoms with Crippen molar-refractivity contribution in [3.05, 3.63) is 77.0 Å². The van der Waals surface area contributed by atoms with Crippen LogP contribution in [-0.4, -0.2) is 21.2 Å². The van der Waals surface area contributed by atoms with E-state index in [1.807, 2.05) is 12.1 Å². The van der Waals surface area contributed by atoms with Crippen molar-refractivity contribution in [1.29, 1.82) is 0 Å². The zero-order valence-corrected chi connectivity index (χ0v) is 17.0. The van der Waals surface area contributed by atoms with E-state index in [-0.39, 0.29) is 11.3 Å². The molecule has 5 nitrogen and oxygen atoms in total. The third-order valence-corrected chi connectivity index (χ3v) is 3.87. The molecule has 0 aliphatic carbocycles. The van der Waals surface area contributed by atoms with E-state index in [9.17, 15) is 4.79 Å². The van der Waals surface area contributed by atoms with Gasteiger partial charge in [-0.05, 0) is 44.2 Å². The molecule has 0 saturated heterocycles. The Hall–Kier alpha value is -2.73. The van der Waals surface area contributed by atoms with Crippen LogP contribution in [0, 0.1) is 0 Å². The summed E-state index contributed by atoms with van der Waals surface area (Å²) in [6, 6.07) is 17.1. The second kappa shape index (κ2) is 11.2. The topological polar surface area (TPSA) is 100 Å². The van der Waals surface area contributed by atoms with Crippen molar-refractivity contribution in [1.82, 2.24) is 9.97 Å². The molecule has 0 aliphatic rings. The van der Waals surface area contributed by atoms with Gasteiger partial charge in [-0.2, -0.15) is 0 Å². The van der Waals surface area contributed by atoms with Crippen LogP contribution < -0.4 is 5.73 Å². The lowest BCUT2D eigenvalue weighted by molar-refractivity contribution is -0.114. The summed E-state index contributed by atoms with van der Waals surface area (Å²) in [5, 5.41) is 3.38. The fourth-order valence-electron chi connectivity index (χ4n) is 2.18. The Morgan fingerprint density at radius 1 is 0.857 bits per heavy atom. The molecule has 0 fully saturated rings. The number of carbonyl (C=O) groups excluding carboxylic acids is 1. The number of ketones is 1. The maximum Gasteiger partial charge on any atom is 0.126 e. The molecular weight excluding hydrogens is 397 g/mol. The number of pyridine rings is 2. The molecular formula is C21H21Cl2N3O2. The molecule has 2 heterocycles. The summed E-state index contributed by atoms with van der Waals surface area (Å²) in [5.41, 5.74) is 7.91. The van der Waals surface area contributed by atoms with Gasteiger partial charge in [-0.1, -0.05) is 47.5 Å². The Bertz CT molecular complexity index is 1010. The Morgan fingerprint density at radius 3 is 1.71 bits per heavy atom. The molecule has 0 bridgehead atoms. The van der Waals surface area contributed by atoms with Gasteiger partial charge in [-0.15, -0.1) is 0 Å². The highest BCUT2D eigenvalue weighted by atomic mass is 35.5. The highest BCUT2D eigenvalue weighted by Crippen LogP contribution is 2.22. The smallest absolute Gasteiger partial charge is 0.126 e. The van der Waals surface area contributed by atoms with Crippen LogP contribution in [-0.2, 0) is 4.79 Å². The molecule has 0 atom stereocenters. The van der Waals surface area contributed by atoms with Crippen molar-refractivity contribution in [2.24, 2.45) is 0 Å². The predicted octanol–water partition coefficient (Wildman–Crippen LogP) is 5.13. The summed E-state index contributed by atoms with van der Waals surface area (Å²) < 4.78 is 0. The number of benzene rings is 2. The minimum Gasteiger partial charge on any atom is -0.412 e. The number of hydrogen-bond donors (Lipinski definition) is 1. The van der Waals surface area contributed by atoms with Gasteiger partial charge < -0.3 is 16.0 Å². The lowest BCUT2D eigenvalue weighted by atomic mass is 10.1. The number of anilines is 1. The monoisotopic (exact) mass is 417 g/mol. The average molecular weight is 418 g/mol. The third-order valence-electron chi connectivity index (χ3n) is 3.31. The summed E-state index contributed by atoms with van der Waals surface area (Å²) >= 11 is 11.2. The quantitative estimate of drug-likeness (QED) is 0.316. The first kappa shape index (κ1) is 23.3. The number of fused-ring (bicyclic) bond motifs is 3. The first-order valence-electron chi connectivity index (χ1n) is 8.14. The van der Waals surface area contributed by atoms with Crippen LogP contribution in [0.25, 0.3) is 21.8 Å². The summed E-state index contributed by atoms with van der Waals surface area (Å²) in [7, 11) is 0. The molecule has 28 heavy (non-hydrogen) atoms. The minimum absolute atomic E-state index is 0. The SMILES string of the molecule is CC(C)=O.Nc1ccc(Cl)cc1Cl.O.c1cnc2c(c1)ccc1cccnc12. The number of rotatable bonds is 0. The summed E-state index contributed by atoms with van der Waals surface area (Å²) in [4.78, 5) is 18.1. The van der Waals surface area contributed by atoms with Gasteiger partial charge in [-0.3, -0.25) is 9.97 Å². The fourth-order valence-corrected chi connectivity index (χ4v) is 2.59. The minimum atomic E-state index is 0. The van der Waals surface area contributed by atoms with Crippen LogP contribution in [0.15, 0.2) is 67.0 Å². The molecule has 4 N–H and O–H groups in total. The number of nitrogens with zero attached hydrogens (tertiary/aromatic N) is 2. The normalized spacial score (nSPS) is 9.43. The Balaban J connectivity index is 0.000000244. The summed E-state index contributed by atoms with van der Waals surface area (Å²) in [5.74, 6) is 0.167. The van der Waals surface area contributed by atoms with Crippen molar-refractivity contribution in [3.8, 4) is 0 Å². The maximum atomic E-state index is 9.44. The standard InChI is InChI=1S/C12H8N2.C6H5Cl2N.C3H6O.H2O/c1-3-9-5-6-10-4-2-8-14-12(10)11(9)13-7-1;7-4-1-2-6(9)5(8)3-4;1-3(2)4;/h1-8H;1-3H,9H2;1-2H3;1H2. The molecule has 4 aromatic rings. The third kappa shape index (κ3) is 6.78. The first-order chi connectivity index (χ1) is 12.9. The van der Waals surface area contributed by atoms with Gasteiger partial charge in [-0.25, -0.2) is 0 Å². The zero-order valence-electron chi connectivity index (χ0n) is 15.5. The van der Waals surface area contributed by atoms with Crippen LogP contribution in [0.5, 0.6) is 0 Å². The molecule has 4 rings (SSSR count). The number of carbonyl (C=O) groups is 1. The van der Waals surface area contributed by atoms with E-state index < -0.39 is 0 Å². The average Bonchev–Trinajstić information content (AvgIpc) is 2.65. The fraction of sp³-hybridized carbons (Fsp3) is 0.0952. The molecule has 146 valence electrons. The van der Waals surface area contributed by atoms with E-state index >= 15 is 0 Å². The van der Waals surface area contributed by atoms with Gasteiger partial charge in [0.2, 0.25) is 0 Å². The Morgan fingerprint density at radius 2 is 1.32 bits per heavy atom. The van der Waals surface area contributed by atoms with Gasteiger partial charge in [0.15, 0.2) is 0 Å². The van der Waals surface area contributed by atoms with Crippen LogP contribution in [0.3, 0.4) is 0 Å². The highest BCUT2D eigenvalue weighted by Gasteiger charge is 2.00. The van der Waals surface area contributed by atoms with Crippen LogP contribution in [0.2, 0.25) is 10.0 Å². The largest absolute Gasteiger partial charge is 0.412 e. The molecule has 2 aromatic heterocycles. The van der Waals surface area contributed by atoms with Crippen molar-refractivity contribution in [2.45, 2.75) is 13.8 Å². The zero-order chi connectivity index (χ0) is 19.8. The molecule has 0 radical (unpaired) electrons. The molecule has 7 heteroatoms. The van der Waals surface area contributed by atoms with E-state index in [2.05, 4.69) is 34.2 Å². The molecule has 0 unspecified atom stereocenters. The van der Waals surface area contributed by atoms with Gasteiger partial charge >= 0.3 is 0 Å². The number of nitrogens with two attached hydrogens (primary N) is 1. The molecule has 0 aliphatic heterocycles. The van der Waals surface area contributed by atoms with Gasteiger partial charge in [0.05, 0.1) is 21.7 Å². The van der Waals surface area contributed by atoms with E-state index in [1.54, 1.807) is 30.6 Å². The summed E-state index contributed by atoms with van der Waals surface area (Å²) in [6.07, 6.45) is 3.60. The van der Waals surface area contributed by atoms with Gasteiger partial charge in [0, 0.05) is 28.2 Å².